The van der Waals surface area contributed by atoms with Crippen LogP contribution in [0.1, 0.15) is 11.1 Å². The van der Waals surface area contributed by atoms with Gasteiger partial charge in [0.15, 0.2) is 11.5 Å². The van der Waals surface area contributed by atoms with Crippen LogP contribution < -0.4 is 9.47 Å². The number of methoxy groups -OCH3 is 1. The van der Waals surface area contributed by atoms with Crippen LogP contribution in [0.2, 0.25) is 0 Å². The number of hydrogen-bond acceptors (Lipinski definition) is 3. The average molecular weight is 341 g/mol. The van der Waals surface area contributed by atoms with E-state index < -0.39 is 0 Å². The molecule has 0 aliphatic rings. The van der Waals surface area contributed by atoms with E-state index in [9.17, 15) is 4.39 Å². The minimum Gasteiger partial charge on any atom is -0.493 e. The zero-order valence-electron chi connectivity index (χ0n) is 10.9. The normalized spacial score (nSPS) is 10.4. The van der Waals surface area contributed by atoms with Gasteiger partial charge in [-0.3, -0.25) is 0 Å². The molecule has 0 bridgehead atoms. The van der Waals surface area contributed by atoms with Crippen molar-refractivity contribution in [3.63, 3.8) is 0 Å². The Morgan fingerprint density at radius 3 is 2.65 bits per heavy atom. The van der Waals surface area contributed by atoms with E-state index in [1.807, 2.05) is 0 Å². The first-order valence-electron chi connectivity index (χ1n) is 5.98. The zero-order valence-corrected chi connectivity index (χ0v) is 12.5. The van der Waals surface area contributed by atoms with Gasteiger partial charge in [0.2, 0.25) is 0 Å². The van der Waals surface area contributed by atoms with Gasteiger partial charge in [-0.1, -0.05) is 22.0 Å². The van der Waals surface area contributed by atoms with Crippen LogP contribution in [0.5, 0.6) is 11.5 Å². The molecule has 0 aromatic heterocycles. The molecule has 0 amide bonds. The molecule has 0 unspecified atom stereocenters. The van der Waals surface area contributed by atoms with Crippen LogP contribution in [0.25, 0.3) is 0 Å². The van der Waals surface area contributed by atoms with Gasteiger partial charge in [-0.15, -0.1) is 0 Å². The molecule has 0 saturated heterocycles. The number of rotatable bonds is 5. The van der Waals surface area contributed by atoms with Gasteiger partial charge in [-0.2, -0.15) is 0 Å². The van der Waals surface area contributed by atoms with E-state index in [4.69, 9.17) is 14.6 Å². The zero-order chi connectivity index (χ0) is 14.5. The molecule has 0 fully saturated rings. The number of aliphatic hydroxyl groups is 1. The Morgan fingerprint density at radius 1 is 1.15 bits per heavy atom. The van der Waals surface area contributed by atoms with Gasteiger partial charge in [-0.05, 0) is 35.9 Å². The quantitative estimate of drug-likeness (QED) is 0.902. The lowest BCUT2D eigenvalue weighted by molar-refractivity contribution is 0.272. The minimum atomic E-state index is -0.320. The van der Waals surface area contributed by atoms with E-state index in [0.29, 0.717) is 17.1 Å². The summed E-state index contributed by atoms with van der Waals surface area (Å²) in [6.45, 7) is 0.0248. The van der Waals surface area contributed by atoms with Crippen LogP contribution in [-0.2, 0) is 13.2 Å². The van der Waals surface area contributed by atoms with E-state index in [-0.39, 0.29) is 19.0 Å². The molecule has 0 spiro atoms. The van der Waals surface area contributed by atoms with Crippen molar-refractivity contribution in [3.05, 3.63) is 57.8 Å². The molecule has 106 valence electrons. The summed E-state index contributed by atoms with van der Waals surface area (Å²) in [6, 6.07) is 9.80. The van der Waals surface area contributed by atoms with Gasteiger partial charge in [0.05, 0.1) is 13.7 Å². The molecule has 2 aromatic carbocycles. The molecule has 3 nitrogen and oxygen atoms in total. The number of aliphatic hydroxyl groups excluding tert-OH is 1. The van der Waals surface area contributed by atoms with E-state index in [0.717, 1.165) is 10.0 Å². The van der Waals surface area contributed by atoms with Crippen molar-refractivity contribution in [3.8, 4) is 11.5 Å². The maximum Gasteiger partial charge on any atom is 0.161 e. The molecular formula is C15H14BrFO3. The van der Waals surface area contributed by atoms with Gasteiger partial charge < -0.3 is 14.6 Å². The Hall–Kier alpha value is -1.59. The van der Waals surface area contributed by atoms with Crippen LogP contribution in [-0.4, -0.2) is 12.2 Å². The SMILES string of the molecule is COc1cc(CO)ccc1OCc1cc(Br)ccc1F. The van der Waals surface area contributed by atoms with Crippen LogP contribution in [0.15, 0.2) is 40.9 Å². The highest BCUT2D eigenvalue weighted by molar-refractivity contribution is 9.10. The second-order valence-corrected chi connectivity index (χ2v) is 5.08. The fraction of sp³-hybridized carbons (Fsp3) is 0.200. The highest BCUT2D eigenvalue weighted by Gasteiger charge is 2.08. The Bertz CT molecular complexity index is 602. The number of hydrogen-bond donors (Lipinski definition) is 1. The van der Waals surface area contributed by atoms with Crippen molar-refractivity contribution in [2.45, 2.75) is 13.2 Å². The highest BCUT2D eigenvalue weighted by Crippen LogP contribution is 2.29. The van der Waals surface area contributed by atoms with Crippen molar-refractivity contribution in [1.82, 2.24) is 0 Å². The first-order chi connectivity index (χ1) is 9.63. The van der Waals surface area contributed by atoms with Crippen LogP contribution in [0.4, 0.5) is 4.39 Å². The van der Waals surface area contributed by atoms with Gasteiger partial charge in [-0.25, -0.2) is 4.39 Å². The van der Waals surface area contributed by atoms with Crippen LogP contribution in [0.3, 0.4) is 0 Å². The molecule has 0 radical (unpaired) electrons. The molecule has 0 aliphatic carbocycles. The van der Waals surface area contributed by atoms with E-state index in [2.05, 4.69) is 15.9 Å². The Labute approximate surface area is 125 Å². The topological polar surface area (TPSA) is 38.7 Å². The van der Waals surface area contributed by atoms with Crippen molar-refractivity contribution < 1.29 is 19.0 Å². The second-order valence-electron chi connectivity index (χ2n) is 4.17. The monoisotopic (exact) mass is 340 g/mol. The largest absolute Gasteiger partial charge is 0.493 e. The third kappa shape index (κ3) is 3.49. The summed E-state index contributed by atoms with van der Waals surface area (Å²) >= 11 is 3.29. The second kappa shape index (κ2) is 6.72. The summed E-state index contributed by atoms with van der Waals surface area (Å²) in [5.74, 6) is 0.690. The fourth-order valence-corrected chi connectivity index (χ4v) is 2.15. The van der Waals surface area contributed by atoms with Gasteiger partial charge in [0.1, 0.15) is 12.4 Å². The Balaban J connectivity index is 2.16. The molecule has 1 N–H and O–H groups in total. The smallest absolute Gasteiger partial charge is 0.161 e. The third-order valence-electron chi connectivity index (χ3n) is 2.80. The third-order valence-corrected chi connectivity index (χ3v) is 3.29. The van der Waals surface area contributed by atoms with Crippen molar-refractivity contribution in [2.75, 3.05) is 7.11 Å². The lowest BCUT2D eigenvalue weighted by Crippen LogP contribution is -2.00. The van der Waals surface area contributed by atoms with Gasteiger partial charge >= 0.3 is 0 Å². The lowest BCUT2D eigenvalue weighted by Gasteiger charge is -2.12. The molecule has 20 heavy (non-hydrogen) atoms. The first-order valence-corrected chi connectivity index (χ1v) is 6.78. The molecule has 2 rings (SSSR count). The fourth-order valence-electron chi connectivity index (χ4n) is 1.74. The molecule has 0 atom stereocenters. The van der Waals surface area contributed by atoms with Crippen molar-refractivity contribution in [1.29, 1.82) is 0 Å². The summed E-state index contributed by atoms with van der Waals surface area (Å²) in [5, 5.41) is 9.07. The van der Waals surface area contributed by atoms with Crippen LogP contribution >= 0.6 is 15.9 Å². The summed E-state index contributed by atoms with van der Waals surface area (Å²) in [7, 11) is 1.52. The molecule has 2 aromatic rings. The predicted octanol–water partition coefficient (Wildman–Crippen LogP) is 3.67. The maximum absolute atomic E-state index is 13.6. The predicted molar refractivity (Wildman–Crippen MR) is 77.3 cm³/mol. The Morgan fingerprint density at radius 2 is 1.95 bits per heavy atom. The molecule has 0 heterocycles. The van der Waals surface area contributed by atoms with Crippen molar-refractivity contribution >= 4 is 15.9 Å². The van der Waals surface area contributed by atoms with Gasteiger partial charge in [0.25, 0.3) is 0 Å². The Kier molecular flexibility index (Phi) is 4.98. The maximum atomic E-state index is 13.6. The molecular weight excluding hydrogens is 327 g/mol. The average Bonchev–Trinajstić information content (AvgIpc) is 2.48. The number of ether oxygens (including phenoxy) is 2. The molecule has 0 saturated carbocycles. The first kappa shape index (κ1) is 14.8. The minimum absolute atomic E-state index is 0.0725. The summed E-state index contributed by atoms with van der Waals surface area (Å²) < 4.78 is 25.2. The number of benzene rings is 2. The van der Waals surface area contributed by atoms with Gasteiger partial charge in [0, 0.05) is 10.0 Å². The number of halogens is 2. The van der Waals surface area contributed by atoms with E-state index in [1.54, 1.807) is 30.3 Å². The highest BCUT2D eigenvalue weighted by atomic mass is 79.9. The summed E-state index contributed by atoms with van der Waals surface area (Å²) in [4.78, 5) is 0. The molecule has 0 aliphatic heterocycles. The standard InChI is InChI=1S/C15H14BrFO3/c1-19-15-6-10(8-18)2-5-14(15)20-9-11-7-12(16)3-4-13(11)17/h2-7,18H,8-9H2,1H3. The van der Waals surface area contributed by atoms with E-state index >= 15 is 0 Å². The summed E-state index contributed by atoms with van der Waals surface area (Å²) in [6.07, 6.45) is 0. The van der Waals surface area contributed by atoms with E-state index in [1.165, 1.54) is 13.2 Å². The lowest BCUT2D eigenvalue weighted by atomic mass is 10.2. The molecule has 5 heteroatoms. The van der Waals surface area contributed by atoms with Crippen molar-refractivity contribution in [2.24, 2.45) is 0 Å². The summed E-state index contributed by atoms with van der Waals surface area (Å²) in [5.41, 5.74) is 1.18. The van der Waals surface area contributed by atoms with Crippen LogP contribution in [0, 0.1) is 5.82 Å².